The molecule has 0 aromatic heterocycles. The van der Waals surface area contributed by atoms with Crippen LogP contribution in [0.15, 0.2) is 0 Å². The van der Waals surface area contributed by atoms with E-state index in [9.17, 15) is 8.42 Å². The van der Waals surface area contributed by atoms with Crippen molar-refractivity contribution in [3.8, 4) is 0 Å². The number of hydrogen-bond acceptors (Lipinski definition) is 2. The van der Waals surface area contributed by atoms with Gasteiger partial charge in [-0.15, -0.1) is 9.84 Å². The summed E-state index contributed by atoms with van der Waals surface area (Å²) >= 11 is 0. The van der Waals surface area contributed by atoms with Crippen molar-refractivity contribution in [1.29, 1.82) is 0 Å². The second-order valence-electron chi connectivity index (χ2n) is 3.74. The molecule has 0 amide bonds. The predicted octanol–water partition coefficient (Wildman–Crippen LogP) is 2.03. The Balaban J connectivity index is -0.000000107. The Kier molecular flexibility index (Phi) is 10.7. The monoisotopic (exact) mass is 253 g/mol. The fourth-order valence-electron chi connectivity index (χ4n) is 0. The Morgan fingerprint density at radius 3 is 1.00 bits per heavy atom. The molecule has 0 aliphatic carbocycles. The van der Waals surface area contributed by atoms with E-state index < -0.39 is 9.84 Å². The van der Waals surface area contributed by atoms with Crippen LogP contribution in [0.5, 0.6) is 0 Å². The van der Waals surface area contributed by atoms with E-state index in [1.165, 1.54) is 0 Å². The quantitative estimate of drug-likeness (QED) is 0.619. The van der Waals surface area contributed by atoms with Crippen molar-refractivity contribution in [3.63, 3.8) is 0 Å². The Hall–Kier alpha value is 1.05. The van der Waals surface area contributed by atoms with Gasteiger partial charge < -0.3 is 0 Å². The van der Waals surface area contributed by atoms with Crippen LogP contribution < -0.4 is 0 Å². The summed E-state index contributed by atoms with van der Waals surface area (Å²) in [7, 11) is -3.17. The molecule has 1 radical (unpaired) electrons. The van der Waals surface area contributed by atoms with Crippen molar-refractivity contribution >= 4 is 9.84 Å². The fourth-order valence-corrected chi connectivity index (χ4v) is 0. The van der Waals surface area contributed by atoms with Crippen LogP contribution in [0.3, 0.4) is 0 Å². The van der Waals surface area contributed by atoms with Crippen LogP contribution in [-0.4, -0.2) is 8.42 Å². The van der Waals surface area contributed by atoms with Crippen molar-refractivity contribution < 1.29 is 41.1 Å². The van der Waals surface area contributed by atoms with Gasteiger partial charge in [0.2, 0.25) is 0 Å². The van der Waals surface area contributed by atoms with Gasteiger partial charge in [0.25, 0.3) is 0 Å². The van der Waals surface area contributed by atoms with Gasteiger partial charge in [0.1, 0.15) is 0 Å². The minimum atomic E-state index is -3.17. The first kappa shape index (κ1) is 18.0. The summed E-state index contributed by atoms with van der Waals surface area (Å²) in [6.07, 6.45) is 5.26. The molecule has 2 nitrogen and oxygen atoms in total. The van der Waals surface area contributed by atoms with Crippen LogP contribution in [0, 0.1) is 17.9 Å². The van der Waals surface area contributed by atoms with Crippen molar-refractivity contribution in [2.75, 3.05) is 0 Å². The topological polar surface area (TPSA) is 34.1 Å². The molecule has 0 heterocycles. The molecule has 0 aliphatic heterocycles. The zero-order valence-corrected chi connectivity index (χ0v) is 11.4. The average Bonchev–Trinajstić information content (AvgIpc) is 1.12. The molecule has 0 unspecified atom stereocenters. The second kappa shape index (κ2) is 6.56. The zero-order chi connectivity index (χ0) is 9.00. The summed E-state index contributed by atoms with van der Waals surface area (Å²) in [6.45, 7) is 8.75. The summed E-state index contributed by atoms with van der Waals surface area (Å²) < 4.78 is 18.8. The Morgan fingerprint density at radius 1 is 1.00 bits per heavy atom. The summed E-state index contributed by atoms with van der Waals surface area (Å²) in [4.78, 5) is 0. The molecule has 67 valence electrons. The van der Waals surface area contributed by atoms with E-state index in [-0.39, 0.29) is 32.7 Å². The third kappa shape index (κ3) is 816. The van der Waals surface area contributed by atoms with Crippen LogP contribution in [0.25, 0.3) is 0 Å². The van der Waals surface area contributed by atoms with Gasteiger partial charge in [-0.25, -0.2) is 0 Å². The zero-order valence-electron chi connectivity index (χ0n) is 7.72. The van der Waals surface area contributed by atoms with E-state index in [4.69, 9.17) is 0 Å². The second-order valence-corrected chi connectivity index (χ2v) is 5.23. The third-order valence-electron chi connectivity index (χ3n) is 0. The molecule has 0 aliphatic rings. The molecule has 0 fully saturated rings. The number of sulfone groups is 1. The van der Waals surface area contributed by atoms with Gasteiger partial charge in [0, 0.05) is 32.7 Å². The summed E-state index contributed by atoms with van der Waals surface area (Å²) in [6, 6.07) is 0. The minimum absolute atomic E-state index is 0. The molecule has 0 rings (SSSR count). The Morgan fingerprint density at radius 2 is 1.00 bits per heavy atom. The van der Waals surface area contributed by atoms with Crippen LogP contribution in [0.4, 0.5) is 0 Å². The minimum Gasteiger partial charge on any atom is -0.295 e. The Bertz CT molecular complexity index is 151. The maximum atomic E-state index is 9.41. The third-order valence-corrected chi connectivity index (χ3v) is 0. The van der Waals surface area contributed by atoms with Gasteiger partial charge >= 0.3 is 0 Å². The number of hydrogen-bond donors (Lipinski definition) is 0. The molecule has 4 heteroatoms. The molecule has 0 aromatic carbocycles. The SMILES string of the molecule is CC(C)(C)C.[CH2-]S([CH2-])(=O)=O.[Y]. The van der Waals surface area contributed by atoms with Gasteiger partial charge in [0.05, 0.1) is 0 Å². The summed E-state index contributed by atoms with van der Waals surface area (Å²) in [5, 5.41) is 0. The van der Waals surface area contributed by atoms with Crippen molar-refractivity contribution in [3.05, 3.63) is 12.5 Å². The predicted molar refractivity (Wildman–Crippen MR) is 44.8 cm³/mol. The van der Waals surface area contributed by atoms with Gasteiger partial charge in [-0.1, -0.05) is 27.7 Å². The van der Waals surface area contributed by atoms with E-state index in [0.29, 0.717) is 5.41 Å². The maximum absolute atomic E-state index is 9.41. The molecule has 0 bridgehead atoms. The van der Waals surface area contributed by atoms with Crippen molar-refractivity contribution in [1.82, 2.24) is 0 Å². The van der Waals surface area contributed by atoms with Gasteiger partial charge in [0.15, 0.2) is 0 Å². The molecule has 0 atom stereocenters. The van der Waals surface area contributed by atoms with Gasteiger partial charge in [-0.3, -0.25) is 20.9 Å². The fraction of sp³-hybridized carbons (Fsp3) is 0.714. The normalized spacial score (nSPS) is 10.7. The maximum Gasteiger partial charge on any atom is 0 e. The number of rotatable bonds is 0. The van der Waals surface area contributed by atoms with E-state index in [0.717, 1.165) is 0 Å². The van der Waals surface area contributed by atoms with Crippen molar-refractivity contribution in [2.45, 2.75) is 27.7 Å². The Labute approximate surface area is 95.9 Å². The molecule has 0 aromatic rings. The molecule has 0 saturated heterocycles. The van der Waals surface area contributed by atoms with Gasteiger partial charge in [-0.2, -0.15) is 0 Å². The van der Waals surface area contributed by atoms with E-state index >= 15 is 0 Å². The molecular weight excluding hydrogens is 237 g/mol. The molecular formula is C7H16O2SY-2. The van der Waals surface area contributed by atoms with Crippen LogP contribution in [0.2, 0.25) is 0 Å². The van der Waals surface area contributed by atoms with Crippen LogP contribution >= 0.6 is 0 Å². The largest absolute Gasteiger partial charge is 0.295 e. The molecule has 0 saturated carbocycles. The smallest absolute Gasteiger partial charge is 0 e. The first-order valence-corrected chi connectivity index (χ1v) is 4.73. The van der Waals surface area contributed by atoms with E-state index in [2.05, 4.69) is 40.2 Å². The van der Waals surface area contributed by atoms with Crippen LogP contribution in [-0.2, 0) is 42.5 Å². The van der Waals surface area contributed by atoms with Gasteiger partial charge in [-0.05, 0) is 5.41 Å². The first-order chi connectivity index (χ1) is 4.00. The molecule has 0 spiro atoms. The van der Waals surface area contributed by atoms with Crippen LogP contribution in [0.1, 0.15) is 27.7 Å². The van der Waals surface area contributed by atoms with E-state index in [1.807, 2.05) is 0 Å². The summed E-state index contributed by atoms with van der Waals surface area (Å²) in [5.41, 5.74) is 0.500. The standard InChI is InChI=1S/C5H12.C2H4O2S.Y/c2*1-5(2,3)4;/h1-4H3;1-2H2;/q;-2;. The van der Waals surface area contributed by atoms with E-state index in [1.54, 1.807) is 0 Å². The molecule has 0 N–H and O–H groups in total. The van der Waals surface area contributed by atoms with Crippen molar-refractivity contribution in [2.24, 2.45) is 5.41 Å². The average molecular weight is 253 g/mol. The molecule has 11 heavy (non-hydrogen) atoms. The first-order valence-electron chi connectivity index (χ1n) is 2.91. The summed E-state index contributed by atoms with van der Waals surface area (Å²) in [5.74, 6) is 0.